The molecule has 0 saturated carbocycles. The van der Waals surface area contributed by atoms with E-state index in [4.69, 9.17) is 0 Å². The van der Waals surface area contributed by atoms with Gasteiger partial charge in [-0.25, -0.2) is 9.89 Å². The lowest BCUT2D eigenvalue weighted by molar-refractivity contribution is 0.196. The normalized spacial score (nSPS) is 12.9. The van der Waals surface area contributed by atoms with Crippen LogP contribution in [0.4, 0.5) is 0 Å². The number of hydrogen-bond acceptors (Lipinski definition) is 5. The van der Waals surface area contributed by atoms with E-state index in [1.165, 1.54) is 11.8 Å². The number of nitrogens with zero attached hydrogens (tertiary/aromatic N) is 2. The van der Waals surface area contributed by atoms with Crippen molar-refractivity contribution in [3.8, 4) is 0 Å². The van der Waals surface area contributed by atoms with Crippen molar-refractivity contribution in [1.82, 2.24) is 20.1 Å². The SMILES string of the molecule is CCCNCC(O)CSc1n[nH]c(=O)n1CC. The third-order valence-corrected chi connectivity index (χ3v) is 3.37. The lowest BCUT2D eigenvalue weighted by atomic mass is 10.4. The number of H-pyrrole nitrogens is 1. The Morgan fingerprint density at radius 2 is 2.35 bits per heavy atom. The Bertz CT molecular complexity index is 377. The molecule has 0 radical (unpaired) electrons. The molecule has 1 atom stereocenters. The van der Waals surface area contributed by atoms with E-state index in [1.807, 2.05) is 6.92 Å². The zero-order chi connectivity index (χ0) is 12.7. The Morgan fingerprint density at radius 3 is 3.00 bits per heavy atom. The molecule has 0 aliphatic carbocycles. The molecule has 0 bridgehead atoms. The number of nitrogens with one attached hydrogen (secondary N) is 2. The largest absolute Gasteiger partial charge is 0.391 e. The summed E-state index contributed by atoms with van der Waals surface area (Å²) in [4.78, 5) is 11.3. The van der Waals surface area contributed by atoms with E-state index >= 15 is 0 Å². The first kappa shape index (κ1) is 14.3. The molecular weight excluding hydrogens is 240 g/mol. The minimum atomic E-state index is -0.427. The van der Waals surface area contributed by atoms with Gasteiger partial charge in [0, 0.05) is 18.8 Å². The van der Waals surface area contributed by atoms with Gasteiger partial charge in [0.15, 0.2) is 5.16 Å². The maximum absolute atomic E-state index is 11.3. The predicted molar refractivity (Wildman–Crippen MR) is 68.4 cm³/mol. The number of thioether (sulfide) groups is 1. The van der Waals surface area contributed by atoms with Crippen LogP contribution in [-0.2, 0) is 6.54 Å². The third-order valence-electron chi connectivity index (χ3n) is 2.25. The average molecular weight is 260 g/mol. The average Bonchev–Trinajstić information content (AvgIpc) is 2.67. The van der Waals surface area contributed by atoms with Gasteiger partial charge in [0.1, 0.15) is 0 Å². The Labute approximate surface area is 105 Å². The molecule has 0 aliphatic heterocycles. The van der Waals surface area contributed by atoms with Crippen LogP contribution in [-0.4, -0.2) is 44.8 Å². The number of aromatic nitrogens is 3. The Balaban J connectivity index is 2.36. The third kappa shape index (κ3) is 4.53. The molecule has 0 spiro atoms. The molecule has 17 heavy (non-hydrogen) atoms. The molecule has 0 fully saturated rings. The fourth-order valence-electron chi connectivity index (χ4n) is 1.37. The minimum Gasteiger partial charge on any atom is -0.391 e. The Kier molecular flexibility index (Phi) is 6.31. The van der Waals surface area contributed by atoms with Gasteiger partial charge in [0.2, 0.25) is 0 Å². The highest BCUT2D eigenvalue weighted by Gasteiger charge is 2.10. The first-order valence-corrected chi connectivity index (χ1v) is 6.84. The van der Waals surface area contributed by atoms with Crippen molar-refractivity contribution in [2.24, 2.45) is 0 Å². The molecule has 1 unspecified atom stereocenters. The van der Waals surface area contributed by atoms with E-state index in [1.54, 1.807) is 4.57 Å². The summed E-state index contributed by atoms with van der Waals surface area (Å²) in [6.45, 7) is 6.03. The Hall–Kier alpha value is -0.790. The topological polar surface area (TPSA) is 82.9 Å². The number of aromatic amines is 1. The molecule has 1 aromatic rings. The maximum Gasteiger partial charge on any atom is 0.343 e. The number of aliphatic hydroxyl groups excluding tert-OH is 1. The van der Waals surface area contributed by atoms with Crippen molar-refractivity contribution in [3.63, 3.8) is 0 Å². The molecule has 0 aliphatic rings. The second kappa shape index (κ2) is 7.52. The van der Waals surface area contributed by atoms with Crippen LogP contribution in [0.3, 0.4) is 0 Å². The van der Waals surface area contributed by atoms with E-state index in [2.05, 4.69) is 22.4 Å². The molecule has 0 aromatic carbocycles. The van der Waals surface area contributed by atoms with Crippen LogP contribution >= 0.6 is 11.8 Å². The number of aliphatic hydroxyl groups is 1. The summed E-state index contributed by atoms with van der Waals surface area (Å²) >= 11 is 1.39. The molecule has 1 heterocycles. The lowest BCUT2D eigenvalue weighted by Crippen LogP contribution is -2.29. The molecule has 6 nitrogen and oxygen atoms in total. The molecule has 7 heteroatoms. The van der Waals surface area contributed by atoms with Crippen LogP contribution in [0.1, 0.15) is 20.3 Å². The standard InChI is InChI=1S/C10H20N4O2S/c1-3-5-11-6-8(15)7-17-10-13-12-9(16)14(10)4-2/h8,11,15H,3-7H2,1-2H3,(H,12,16). The van der Waals surface area contributed by atoms with Crippen LogP contribution in [0.25, 0.3) is 0 Å². The minimum absolute atomic E-state index is 0.200. The summed E-state index contributed by atoms with van der Waals surface area (Å²) < 4.78 is 1.55. The fraction of sp³-hybridized carbons (Fsp3) is 0.800. The quantitative estimate of drug-likeness (QED) is 0.454. The lowest BCUT2D eigenvalue weighted by Gasteiger charge is -2.10. The highest BCUT2D eigenvalue weighted by atomic mass is 32.2. The smallest absolute Gasteiger partial charge is 0.343 e. The number of hydrogen-bond donors (Lipinski definition) is 3. The zero-order valence-corrected chi connectivity index (χ0v) is 11.1. The van der Waals surface area contributed by atoms with Crippen LogP contribution in [0.15, 0.2) is 9.95 Å². The van der Waals surface area contributed by atoms with Gasteiger partial charge in [0.25, 0.3) is 0 Å². The van der Waals surface area contributed by atoms with Crippen LogP contribution in [0.5, 0.6) is 0 Å². The summed E-state index contributed by atoms with van der Waals surface area (Å²) in [5.74, 6) is 0.529. The van der Waals surface area contributed by atoms with E-state index < -0.39 is 6.10 Å². The van der Waals surface area contributed by atoms with E-state index in [0.717, 1.165) is 13.0 Å². The first-order valence-electron chi connectivity index (χ1n) is 5.85. The molecular formula is C10H20N4O2S. The van der Waals surface area contributed by atoms with Crippen LogP contribution in [0, 0.1) is 0 Å². The van der Waals surface area contributed by atoms with Crippen molar-refractivity contribution in [2.45, 2.75) is 38.1 Å². The Morgan fingerprint density at radius 1 is 1.59 bits per heavy atom. The highest BCUT2D eigenvalue weighted by molar-refractivity contribution is 7.99. The summed E-state index contributed by atoms with van der Waals surface area (Å²) in [6.07, 6.45) is 0.623. The van der Waals surface area contributed by atoms with Crippen LogP contribution in [0.2, 0.25) is 0 Å². The van der Waals surface area contributed by atoms with Gasteiger partial charge in [-0.3, -0.25) is 4.57 Å². The second-order valence-corrected chi connectivity index (χ2v) is 4.71. The van der Waals surface area contributed by atoms with Crippen molar-refractivity contribution >= 4 is 11.8 Å². The van der Waals surface area contributed by atoms with Gasteiger partial charge in [-0.05, 0) is 19.9 Å². The van der Waals surface area contributed by atoms with Gasteiger partial charge in [-0.15, -0.1) is 5.10 Å². The van der Waals surface area contributed by atoms with Crippen molar-refractivity contribution in [1.29, 1.82) is 0 Å². The summed E-state index contributed by atoms with van der Waals surface area (Å²) in [5.41, 5.74) is -0.200. The van der Waals surface area contributed by atoms with Crippen molar-refractivity contribution in [3.05, 3.63) is 10.5 Å². The van der Waals surface area contributed by atoms with E-state index in [0.29, 0.717) is 24.0 Å². The maximum atomic E-state index is 11.3. The molecule has 0 amide bonds. The van der Waals surface area contributed by atoms with Gasteiger partial charge >= 0.3 is 5.69 Å². The molecule has 1 aromatic heterocycles. The summed E-state index contributed by atoms with van der Waals surface area (Å²) in [5, 5.41) is 19.8. The fourth-order valence-corrected chi connectivity index (χ4v) is 2.30. The van der Waals surface area contributed by atoms with Crippen molar-refractivity contribution < 1.29 is 5.11 Å². The first-order chi connectivity index (χ1) is 8.19. The summed E-state index contributed by atoms with van der Waals surface area (Å²) in [7, 11) is 0. The van der Waals surface area contributed by atoms with E-state index in [9.17, 15) is 9.90 Å². The zero-order valence-electron chi connectivity index (χ0n) is 10.3. The van der Waals surface area contributed by atoms with Gasteiger partial charge in [-0.1, -0.05) is 18.7 Å². The summed E-state index contributed by atoms with van der Waals surface area (Å²) in [6, 6.07) is 0. The molecule has 98 valence electrons. The number of rotatable bonds is 8. The van der Waals surface area contributed by atoms with E-state index in [-0.39, 0.29) is 5.69 Å². The second-order valence-electron chi connectivity index (χ2n) is 3.72. The van der Waals surface area contributed by atoms with Gasteiger partial charge in [-0.2, -0.15) is 0 Å². The molecule has 0 saturated heterocycles. The van der Waals surface area contributed by atoms with Crippen LogP contribution < -0.4 is 11.0 Å². The molecule has 1 rings (SSSR count). The highest BCUT2D eigenvalue weighted by Crippen LogP contribution is 2.13. The van der Waals surface area contributed by atoms with Crippen molar-refractivity contribution in [2.75, 3.05) is 18.8 Å². The van der Waals surface area contributed by atoms with Gasteiger partial charge < -0.3 is 10.4 Å². The molecule has 3 N–H and O–H groups in total. The monoisotopic (exact) mass is 260 g/mol. The van der Waals surface area contributed by atoms with Gasteiger partial charge in [0.05, 0.1) is 6.10 Å². The predicted octanol–water partition coefficient (Wildman–Crippen LogP) is 0.0439.